The van der Waals surface area contributed by atoms with Gasteiger partial charge in [0.05, 0.1) is 12.2 Å². The molecule has 2 aromatic rings. The first-order valence-corrected chi connectivity index (χ1v) is 9.94. The van der Waals surface area contributed by atoms with Crippen molar-refractivity contribution in [1.29, 1.82) is 5.26 Å². The molecule has 1 aliphatic carbocycles. The van der Waals surface area contributed by atoms with Gasteiger partial charge >= 0.3 is 0 Å². The van der Waals surface area contributed by atoms with Gasteiger partial charge in [0.25, 0.3) is 0 Å². The van der Waals surface area contributed by atoms with Crippen LogP contribution < -0.4 is 10.5 Å². The Balaban J connectivity index is 1.94. The molecule has 0 spiro atoms. The van der Waals surface area contributed by atoms with Gasteiger partial charge in [-0.15, -0.1) is 0 Å². The highest BCUT2D eigenvalue weighted by Crippen LogP contribution is 2.39. The normalized spacial score (nSPS) is 23.3. The Morgan fingerprint density at radius 3 is 2.77 bits per heavy atom. The number of nitrogens with two attached hydrogens (primary N) is 1. The molecule has 2 unspecified atom stereocenters. The lowest BCUT2D eigenvalue weighted by Crippen LogP contribution is -2.39. The highest BCUT2D eigenvalue weighted by Gasteiger charge is 2.38. The SMILES string of the molecule is CC1C(F)=CC=C2C(=O)N(C)Cc3nn(C)c(C#N)c3-c3cnc(N)c(c3)O[C@H](C)C21. The molecule has 4 rings (SSSR count). The molecule has 2 aromatic heterocycles. The molecule has 8 nitrogen and oxygen atoms in total. The number of aromatic nitrogens is 3. The van der Waals surface area contributed by atoms with E-state index in [1.807, 2.05) is 0 Å². The maximum absolute atomic E-state index is 14.4. The van der Waals surface area contributed by atoms with Crippen molar-refractivity contribution < 1.29 is 13.9 Å². The third kappa shape index (κ3) is 3.34. The molecular weight excluding hydrogens is 399 g/mol. The Morgan fingerprint density at radius 2 is 2.06 bits per heavy atom. The van der Waals surface area contributed by atoms with E-state index in [4.69, 9.17) is 10.5 Å². The predicted molar refractivity (Wildman–Crippen MR) is 112 cm³/mol. The molecule has 3 atom stereocenters. The van der Waals surface area contributed by atoms with Crippen molar-refractivity contribution >= 4 is 11.7 Å². The van der Waals surface area contributed by atoms with Crippen LogP contribution >= 0.6 is 0 Å². The maximum atomic E-state index is 14.4. The monoisotopic (exact) mass is 422 g/mol. The number of aryl methyl sites for hydroxylation is 1. The predicted octanol–water partition coefficient (Wildman–Crippen LogP) is 2.72. The van der Waals surface area contributed by atoms with E-state index >= 15 is 0 Å². The fourth-order valence-electron chi connectivity index (χ4n) is 4.34. The minimum absolute atomic E-state index is 0.170. The lowest BCUT2D eigenvalue weighted by Gasteiger charge is -2.34. The summed E-state index contributed by atoms with van der Waals surface area (Å²) in [5.74, 6) is -1.13. The van der Waals surface area contributed by atoms with Gasteiger partial charge in [-0.2, -0.15) is 10.4 Å². The van der Waals surface area contributed by atoms with Crippen LogP contribution in [0.1, 0.15) is 25.2 Å². The van der Waals surface area contributed by atoms with Crippen LogP contribution in [0.4, 0.5) is 10.2 Å². The van der Waals surface area contributed by atoms with Crippen LogP contribution in [0.2, 0.25) is 0 Å². The molecule has 160 valence electrons. The van der Waals surface area contributed by atoms with E-state index in [-0.39, 0.29) is 24.1 Å². The molecule has 0 saturated carbocycles. The van der Waals surface area contributed by atoms with E-state index in [2.05, 4.69) is 16.2 Å². The summed E-state index contributed by atoms with van der Waals surface area (Å²) in [6.07, 6.45) is 3.85. The number of carbonyl (C=O) groups is 1. The van der Waals surface area contributed by atoms with E-state index in [9.17, 15) is 14.4 Å². The molecule has 1 aliphatic heterocycles. The molecule has 3 heterocycles. The number of carbonyl (C=O) groups excluding carboxylic acids is 1. The van der Waals surface area contributed by atoms with Crippen LogP contribution in [0.25, 0.3) is 11.1 Å². The van der Waals surface area contributed by atoms with Gasteiger partial charge in [0.15, 0.2) is 11.6 Å². The molecule has 9 heteroatoms. The van der Waals surface area contributed by atoms with E-state index in [0.29, 0.717) is 33.8 Å². The van der Waals surface area contributed by atoms with Gasteiger partial charge in [-0.1, -0.05) is 13.0 Å². The summed E-state index contributed by atoms with van der Waals surface area (Å²) in [5.41, 5.74) is 8.57. The van der Waals surface area contributed by atoms with Crippen LogP contribution in [0.3, 0.4) is 0 Å². The third-order valence-electron chi connectivity index (χ3n) is 5.95. The zero-order chi connectivity index (χ0) is 22.4. The zero-order valence-corrected chi connectivity index (χ0v) is 17.8. The number of nitriles is 1. The van der Waals surface area contributed by atoms with Crippen LogP contribution in [-0.4, -0.2) is 38.7 Å². The Morgan fingerprint density at radius 1 is 1.32 bits per heavy atom. The topological polar surface area (TPSA) is 110 Å². The van der Waals surface area contributed by atoms with Crippen molar-refractivity contribution in [3.05, 3.63) is 47.2 Å². The summed E-state index contributed by atoms with van der Waals surface area (Å²) in [5, 5.41) is 14.2. The molecule has 2 aliphatic rings. The summed E-state index contributed by atoms with van der Waals surface area (Å²) in [6, 6.07) is 3.88. The number of rotatable bonds is 0. The number of pyridine rings is 1. The summed E-state index contributed by atoms with van der Waals surface area (Å²) in [6.45, 7) is 3.69. The first-order valence-electron chi connectivity index (χ1n) is 9.94. The van der Waals surface area contributed by atoms with Crippen molar-refractivity contribution in [3.63, 3.8) is 0 Å². The summed E-state index contributed by atoms with van der Waals surface area (Å²) in [7, 11) is 3.33. The number of amides is 1. The largest absolute Gasteiger partial charge is 0.486 e. The molecule has 0 radical (unpaired) electrons. The summed E-state index contributed by atoms with van der Waals surface area (Å²) >= 11 is 0. The van der Waals surface area contributed by atoms with E-state index in [0.717, 1.165) is 0 Å². The van der Waals surface area contributed by atoms with Crippen molar-refractivity contribution in [2.45, 2.75) is 26.5 Å². The van der Waals surface area contributed by atoms with Crippen LogP contribution in [0.15, 0.2) is 35.8 Å². The Kier molecular flexibility index (Phi) is 5.01. The smallest absolute Gasteiger partial charge is 0.250 e. The van der Waals surface area contributed by atoms with Gasteiger partial charge in [-0.05, 0) is 19.1 Å². The number of halogens is 1. The van der Waals surface area contributed by atoms with Gasteiger partial charge < -0.3 is 15.4 Å². The first-order chi connectivity index (χ1) is 14.7. The lowest BCUT2D eigenvalue weighted by molar-refractivity contribution is -0.127. The van der Waals surface area contributed by atoms with Crippen molar-refractivity contribution in [1.82, 2.24) is 19.7 Å². The minimum Gasteiger partial charge on any atom is -0.486 e. The average Bonchev–Trinajstić information content (AvgIpc) is 3.04. The summed E-state index contributed by atoms with van der Waals surface area (Å²) in [4.78, 5) is 19.1. The van der Waals surface area contributed by atoms with Gasteiger partial charge in [-0.3, -0.25) is 9.48 Å². The fourth-order valence-corrected chi connectivity index (χ4v) is 4.34. The quantitative estimate of drug-likeness (QED) is 0.699. The molecule has 0 saturated heterocycles. The molecule has 2 N–H and O–H groups in total. The highest BCUT2D eigenvalue weighted by molar-refractivity contribution is 5.94. The van der Waals surface area contributed by atoms with Crippen LogP contribution in [0, 0.1) is 23.2 Å². The number of likely N-dealkylation sites (N-methyl/N-ethyl adjacent to an activating group) is 1. The maximum Gasteiger partial charge on any atom is 0.250 e. The first kappa shape index (κ1) is 20.6. The molecule has 2 bridgehead atoms. The number of nitrogen functional groups attached to an aromatic ring is 1. The number of ether oxygens (including phenoxy) is 1. The summed E-state index contributed by atoms with van der Waals surface area (Å²) < 4.78 is 22.0. The molecule has 31 heavy (non-hydrogen) atoms. The van der Waals surface area contributed by atoms with Gasteiger partial charge in [0, 0.05) is 48.8 Å². The second-order valence-corrected chi connectivity index (χ2v) is 7.99. The van der Waals surface area contributed by atoms with Crippen molar-refractivity contribution in [3.8, 4) is 22.9 Å². The molecular formula is C22H23FN6O2. The molecule has 0 fully saturated rings. The number of hydrogen-bond acceptors (Lipinski definition) is 6. The van der Waals surface area contributed by atoms with E-state index < -0.39 is 17.9 Å². The standard InChI is InChI=1S/C22H23FN6O2/c1-11-15(23)6-5-14-19(11)12(2)31-18-7-13(9-26-21(18)25)20-16(10-28(3)22(14)30)27-29(4)17(20)8-24/h5-7,9,11-12,19H,10H2,1-4H3,(H2,25,26)/t11?,12-,19?/m1/s1. The number of allylic oxidation sites excluding steroid dienone is 3. The third-order valence-corrected chi connectivity index (χ3v) is 5.95. The second-order valence-electron chi connectivity index (χ2n) is 7.99. The van der Waals surface area contributed by atoms with Crippen molar-refractivity contribution in [2.24, 2.45) is 18.9 Å². The number of hydrogen-bond donors (Lipinski definition) is 1. The number of anilines is 1. The van der Waals surface area contributed by atoms with Gasteiger partial charge in [-0.25, -0.2) is 9.37 Å². The minimum atomic E-state index is -0.555. The Hall–Kier alpha value is -3.67. The van der Waals surface area contributed by atoms with E-state index in [1.54, 1.807) is 40.2 Å². The zero-order valence-electron chi connectivity index (χ0n) is 17.8. The number of fused-ring (bicyclic) bond motifs is 5. The highest BCUT2D eigenvalue weighted by atomic mass is 19.1. The fraction of sp³-hybridized carbons (Fsp3) is 0.364. The van der Waals surface area contributed by atoms with Crippen LogP contribution in [-0.2, 0) is 18.4 Å². The lowest BCUT2D eigenvalue weighted by atomic mass is 9.78. The van der Waals surface area contributed by atoms with Crippen molar-refractivity contribution in [2.75, 3.05) is 12.8 Å². The Labute approximate surface area is 179 Å². The number of nitrogens with zero attached hydrogens (tertiary/aromatic N) is 5. The van der Waals surface area contributed by atoms with Crippen LogP contribution in [0.5, 0.6) is 5.75 Å². The van der Waals surface area contributed by atoms with Gasteiger partial charge in [0.2, 0.25) is 5.91 Å². The Bertz CT molecular complexity index is 1180. The second kappa shape index (κ2) is 7.54. The molecule has 1 amide bonds. The molecule has 0 aromatic carbocycles. The van der Waals surface area contributed by atoms with E-state index in [1.165, 1.54) is 21.7 Å². The average molecular weight is 422 g/mol. The van der Waals surface area contributed by atoms with Gasteiger partial charge in [0.1, 0.15) is 23.7 Å².